The van der Waals surface area contributed by atoms with E-state index < -0.39 is 0 Å². The summed E-state index contributed by atoms with van der Waals surface area (Å²) in [6, 6.07) is 6.23. The molecule has 0 aromatic carbocycles. The van der Waals surface area contributed by atoms with Gasteiger partial charge in [0.25, 0.3) is 0 Å². The zero-order chi connectivity index (χ0) is 13.0. The number of hydrogen-bond donors (Lipinski definition) is 1. The Labute approximate surface area is 109 Å². The summed E-state index contributed by atoms with van der Waals surface area (Å²) in [4.78, 5) is 9.13. The Kier molecular flexibility index (Phi) is 4.38. The average molecular weight is 250 g/mol. The van der Waals surface area contributed by atoms with Crippen LogP contribution in [0.3, 0.4) is 0 Å². The number of ether oxygens (including phenoxy) is 1. The lowest BCUT2D eigenvalue weighted by Crippen LogP contribution is -2.55. The van der Waals surface area contributed by atoms with Crippen molar-refractivity contribution in [2.24, 2.45) is 5.73 Å². The molecule has 5 nitrogen and oxygen atoms in total. The standard InChI is InChI=1S/C13H22N4O/c1-3-18-13-6-4-5-12(15-13)17-8-7-16(2)10-11(17)9-14/h4-6,11H,3,7-10,14H2,1-2H3. The van der Waals surface area contributed by atoms with Crippen LogP contribution in [0.2, 0.25) is 0 Å². The van der Waals surface area contributed by atoms with Crippen molar-refractivity contribution >= 4 is 5.82 Å². The van der Waals surface area contributed by atoms with Crippen LogP contribution in [0.4, 0.5) is 5.82 Å². The van der Waals surface area contributed by atoms with E-state index in [0.717, 1.165) is 25.5 Å². The van der Waals surface area contributed by atoms with E-state index in [-0.39, 0.29) is 0 Å². The molecule has 0 bridgehead atoms. The normalized spacial score (nSPS) is 21.1. The molecular weight excluding hydrogens is 228 g/mol. The molecule has 0 amide bonds. The molecule has 2 rings (SSSR count). The highest BCUT2D eigenvalue weighted by Crippen LogP contribution is 2.20. The minimum Gasteiger partial charge on any atom is -0.478 e. The molecule has 1 atom stereocenters. The number of likely N-dealkylation sites (N-methyl/N-ethyl adjacent to an activating group) is 1. The average Bonchev–Trinajstić information content (AvgIpc) is 2.39. The molecule has 1 aromatic heterocycles. The van der Waals surface area contributed by atoms with Gasteiger partial charge in [-0.3, -0.25) is 0 Å². The van der Waals surface area contributed by atoms with Crippen molar-refractivity contribution in [2.45, 2.75) is 13.0 Å². The smallest absolute Gasteiger partial charge is 0.215 e. The van der Waals surface area contributed by atoms with E-state index in [9.17, 15) is 0 Å². The second-order valence-electron chi connectivity index (χ2n) is 4.61. The Morgan fingerprint density at radius 3 is 3.00 bits per heavy atom. The molecule has 2 N–H and O–H groups in total. The molecule has 1 aliphatic rings. The first-order valence-electron chi connectivity index (χ1n) is 6.49. The van der Waals surface area contributed by atoms with Gasteiger partial charge in [0.2, 0.25) is 5.88 Å². The quantitative estimate of drug-likeness (QED) is 0.846. The van der Waals surface area contributed by atoms with Gasteiger partial charge in [0.1, 0.15) is 5.82 Å². The van der Waals surface area contributed by atoms with E-state index in [1.165, 1.54) is 0 Å². The Balaban J connectivity index is 2.16. The third-order valence-electron chi connectivity index (χ3n) is 3.25. The summed E-state index contributed by atoms with van der Waals surface area (Å²) in [5.41, 5.74) is 5.86. The topological polar surface area (TPSA) is 54.6 Å². The second kappa shape index (κ2) is 6.02. The van der Waals surface area contributed by atoms with Gasteiger partial charge in [-0.15, -0.1) is 0 Å². The minimum atomic E-state index is 0.327. The van der Waals surface area contributed by atoms with Crippen LogP contribution in [0.5, 0.6) is 5.88 Å². The molecule has 1 fully saturated rings. The maximum Gasteiger partial charge on any atom is 0.215 e. The van der Waals surface area contributed by atoms with Gasteiger partial charge in [0.15, 0.2) is 0 Å². The van der Waals surface area contributed by atoms with Crippen LogP contribution in [-0.4, -0.2) is 55.8 Å². The third kappa shape index (κ3) is 2.91. The van der Waals surface area contributed by atoms with Crippen molar-refractivity contribution in [2.75, 3.05) is 44.7 Å². The van der Waals surface area contributed by atoms with E-state index in [1.54, 1.807) is 0 Å². The number of rotatable bonds is 4. The zero-order valence-corrected chi connectivity index (χ0v) is 11.2. The lowest BCUT2D eigenvalue weighted by atomic mass is 10.1. The molecule has 18 heavy (non-hydrogen) atoms. The Bertz CT molecular complexity index is 385. The summed E-state index contributed by atoms with van der Waals surface area (Å²) >= 11 is 0. The van der Waals surface area contributed by atoms with E-state index in [2.05, 4.69) is 21.8 Å². The first-order valence-corrected chi connectivity index (χ1v) is 6.49. The number of hydrogen-bond acceptors (Lipinski definition) is 5. The predicted molar refractivity (Wildman–Crippen MR) is 73.1 cm³/mol. The molecule has 100 valence electrons. The maximum atomic E-state index is 5.86. The second-order valence-corrected chi connectivity index (χ2v) is 4.61. The fourth-order valence-electron chi connectivity index (χ4n) is 2.31. The summed E-state index contributed by atoms with van der Waals surface area (Å²) in [6.07, 6.45) is 0. The number of pyridine rings is 1. The van der Waals surface area contributed by atoms with Crippen LogP contribution in [0, 0.1) is 0 Å². The molecule has 2 heterocycles. The van der Waals surface area contributed by atoms with Gasteiger partial charge in [-0.1, -0.05) is 6.07 Å². The van der Waals surface area contributed by atoms with Gasteiger partial charge in [0.05, 0.1) is 12.6 Å². The molecule has 0 aliphatic carbocycles. The summed E-state index contributed by atoms with van der Waals surface area (Å²) < 4.78 is 5.45. The first-order chi connectivity index (χ1) is 8.74. The van der Waals surface area contributed by atoms with Crippen molar-refractivity contribution in [3.05, 3.63) is 18.2 Å². The molecule has 1 saturated heterocycles. The van der Waals surface area contributed by atoms with Crippen LogP contribution in [0.15, 0.2) is 18.2 Å². The highest BCUT2D eigenvalue weighted by molar-refractivity contribution is 5.42. The van der Waals surface area contributed by atoms with Gasteiger partial charge in [-0.05, 0) is 20.0 Å². The fraction of sp³-hybridized carbons (Fsp3) is 0.615. The molecule has 0 saturated carbocycles. The number of nitrogens with zero attached hydrogens (tertiary/aromatic N) is 3. The van der Waals surface area contributed by atoms with Crippen LogP contribution in [0.1, 0.15) is 6.92 Å². The van der Waals surface area contributed by atoms with E-state index in [1.807, 2.05) is 25.1 Å². The zero-order valence-electron chi connectivity index (χ0n) is 11.2. The van der Waals surface area contributed by atoms with Crippen LogP contribution < -0.4 is 15.4 Å². The van der Waals surface area contributed by atoms with Crippen molar-refractivity contribution < 1.29 is 4.74 Å². The molecule has 5 heteroatoms. The number of piperazine rings is 1. The molecule has 1 aliphatic heterocycles. The van der Waals surface area contributed by atoms with Gasteiger partial charge >= 0.3 is 0 Å². The Hall–Kier alpha value is -1.33. The Morgan fingerprint density at radius 2 is 2.28 bits per heavy atom. The summed E-state index contributed by atoms with van der Waals surface area (Å²) in [7, 11) is 2.13. The predicted octanol–water partition coefficient (Wildman–Crippen LogP) is 0.559. The van der Waals surface area contributed by atoms with Crippen molar-refractivity contribution in [3.63, 3.8) is 0 Å². The number of nitrogens with two attached hydrogens (primary N) is 1. The van der Waals surface area contributed by atoms with E-state index in [4.69, 9.17) is 10.5 Å². The van der Waals surface area contributed by atoms with Gasteiger partial charge in [-0.25, -0.2) is 0 Å². The third-order valence-corrected chi connectivity index (χ3v) is 3.25. The monoisotopic (exact) mass is 250 g/mol. The molecule has 0 spiro atoms. The lowest BCUT2D eigenvalue weighted by Gasteiger charge is -2.40. The molecule has 1 unspecified atom stereocenters. The lowest BCUT2D eigenvalue weighted by molar-refractivity contribution is 0.268. The highest BCUT2D eigenvalue weighted by Gasteiger charge is 2.25. The SMILES string of the molecule is CCOc1cccc(N2CCN(C)CC2CN)n1. The van der Waals surface area contributed by atoms with Crippen LogP contribution in [0.25, 0.3) is 0 Å². The van der Waals surface area contributed by atoms with Crippen molar-refractivity contribution in [1.82, 2.24) is 9.88 Å². The fourth-order valence-corrected chi connectivity index (χ4v) is 2.31. The first kappa shape index (κ1) is 13.1. The van der Waals surface area contributed by atoms with Gasteiger partial charge < -0.3 is 20.3 Å². The summed E-state index contributed by atoms with van der Waals surface area (Å²) in [6.45, 7) is 6.23. The maximum absolute atomic E-state index is 5.86. The van der Waals surface area contributed by atoms with Crippen molar-refractivity contribution in [1.29, 1.82) is 0 Å². The Morgan fingerprint density at radius 1 is 1.44 bits per heavy atom. The summed E-state index contributed by atoms with van der Waals surface area (Å²) in [5, 5.41) is 0. The largest absolute Gasteiger partial charge is 0.478 e. The van der Waals surface area contributed by atoms with Crippen LogP contribution in [-0.2, 0) is 0 Å². The van der Waals surface area contributed by atoms with E-state index >= 15 is 0 Å². The van der Waals surface area contributed by atoms with Crippen molar-refractivity contribution in [3.8, 4) is 5.88 Å². The highest BCUT2D eigenvalue weighted by atomic mass is 16.5. The summed E-state index contributed by atoms with van der Waals surface area (Å²) in [5.74, 6) is 1.65. The molecular formula is C13H22N4O. The van der Waals surface area contributed by atoms with Gasteiger partial charge in [-0.2, -0.15) is 4.98 Å². The van der Waals surface area contributed by atoms with Crippen LogP contribution >= 0.6 is 0 Å². The van der Waals surface area contributed by atoms with Gasteiger partial charge in [0, 0.05) is 32.2 Å². The minimum absolute atomic E-state index is 0.327. The number of anilines is 1. The van der Waals surface area contributed by atoms with E-state index in [0.29, 0.717) is 25.1 Å². The molecule has 0 radical (unpaired) electrons. The number of aromatic nitrogens is 1. The molecule has 1 aromatic rings.